The number of carbonyl (C=O) groups is 3. The zero-order valence-corrected chi connectivity index (χ0v) is 20.0. The summed E-state index contributed by atoms with van der Waals surface area (Å²) in [6, 6.07) is 14.8. The third kappa shape index (κ3) is 4.73. The molecule has 0 N–H and O–H groups in total. The second kappa shape index (κ2) is 9.59. The molecule has 1 aliphatic heterocycles. The van der Waals surface area contributed by atoms with Crippen molar-refractivity contribution in [1.29, 1.82) is 0 Å². The molecule has 4 rings (SSSR count). The third-order valence-electron chi connectivity index (χ3n) is 5.64. The van der Waals surface area contributed by atoms with Crippen molar-refractivity contribution >= 4 is 40.6 Å². The Kier molecular flexibility index (Phi) is 6.57. The summed E-state index contributed by atoms with van der Waals surface area (Å²) in [5.41, 5.74) is 4.23. The van der Waals surface area contributed by atoms with Gasteiger partial charge in [0.1, 0.15) is 0 Å². The summed E-state index contributed by atoms with van der Waals surface area (Å²) in [7, 11) is 1.33. The Morgan fingerprint density at radius 2 is 1.83 bits per heavy atom. The maximum Gasteiger partial charge on any atom is 0.337 e. The van der Waals surface area contributed by atoms with Crippen LogP contribution in [0.4, 0.5) is 10.5 Å². The molecule has 1 saturated heterocycles. The highest BCUT2D eigenvalue weighted by atomic mass is 32.2. The molecule has 10 heteroatoms. The van der Waals surface area contributed by atoms with Crippen LogP contribution in [0.25, 0.3) is 11.8 Å². The average Bonchev–Trinajstić information content (AvgIpc) is 3.27. The molecule has 1 fully saturated rings. The van der Waals surface area contributed by atoms with Gasteiger partial charge in [0.25, 0.3) is 16.8 Å². The van der Waals surface area contributed by atoms with E-state index in [-0.39, 0.29) is 17.1 Å². The van der Waals surface area contributed by atoms with Crippen LogP contribution in [0.15, 0.2) is 59.5 Å². The smallest absolute Gasteiger partial charge is 0.337 e. The molecule has 0 spiro atoms. The van der Waals surface area contributed by atoms with Crippen LogP contribution in [0.1, 0.15) is 32.9 Å². The number of carbonyl (C=O) groups excluding carboxylic acids is 3. The SMILES string of the molecule is COC(=O)c1ccc(-n2c(C)cc(/C=C3\SC(=O)N(Cc4cccc([N+](=O)[O-])c4)C3=O)c2C)cc1. The first-order valence-electron chi connectivity index (χ1n) is 10.6. The zero-order valence-electron chi connectivity index (χ0n) is 19.2. The predicted molar refractivity (Wildman–Crippen MR) is 131 cm³/mol. The normalized spacial score (nSPS) is 14.6. The summed E-state index contributed by atoms with van der Waals surface area (Å²) in [6.45, 7) is 3.78. The van der Waals surface area contributed by atoms with Gasteiger partial charge < -0.3 is 9.30 Å². The Labute approximate surface area is 205 Å². The minimum atomic E-state index is -0.518. The Hall–Kier alpha value is -4.18. The summed E-state index contributed by atoms with van der Waals surface area (Å²) >= 11 is 0.838. The molecule has 3 aromatic rings. The second-order valence-corrected chi connectivity index (χ2v) is 8.89. The summed E-state index contributed by atoms with van der Waals surface area (Å²) in [4.78, 5) is 49.1. The predicted octanol–water partition coefficient (Wildman–Crippen LogP) is 5.03. The van der Waals surface area contributed by atoms with Gasteiger partial charge in [-0.3, -0.25) is 24.6 Å². The minimum Gasteiger partial charge on any atom is -0.465 e. The number of aromatic nitrogens is 1. The quantitative estimate of drug-likeness (QED) is 0.206. The van der Waals surface area contributed by atoms with Crippen LogP contribution in [-0.2, 0) is 16.1 Å². The van der Waals surface area contributed by atoms with E-state index in [4.69, 9.17) is 4.74 Å². The molecule has 0 aliphatic carbocycles. The molecule has 178 valence electrons. The molecular formula is C25H21N3O6S. The van der Waals surface area contributed by atoms with Crippen LogP contribution in [0.5, 0.6) is 0 Å². The zero-order chi connectivity index (χ0) is 25.3. The number of ether oxygens (including phenoxy) is 1. The Bertz CT molecular complexity index is 1390. The number of methoxy groups -OCH3 is 1. The number of hydrogen-bond acceptors (Lipinski definition) is 7. The largest absolute Gasteiger partial charge is 0.465 e. The number of non-ortho nitro benzene ring substituents is 1. The Balaban J connectivity index is 1.59. The van der Waals surface area contributed by atoms with Gasteiger partial charge in [0.05, 0.1) is 29.0 Å². The highest BCUT2D eigenvalue weighted by molar-refractivity contribution is 8.18. The maximum atomic E-state index is 13.0. The van der Waals surface area contributed by atoms with Crippen LogP contribution in [-0.4, -0.2) is 38.6 Å². The van der Waals surface area contributed by atoms with Crippen molar-refractivity contribution in [3.8, 4) is 5.69 Å². The molecule has 0 radical (unpaired) electrons. The van der Waals surface area contributed by atoms with E-state index >= 15 is 0 Å². The van der Waals surface area contributed by atoms with Gasteiger partial charge in [-0.1, -0.05) is 12.1 Å². The van der Waals surface area contributed by atoms with Crippen LogP contribution in [0.2, 0.25) is 0 Å². The number of aryl methyl sites for hydroxylation is 1. The molecule has 0 bridgehead atoms. The van der Waals surface area contributed by atoms with Gasteiger partial charge in [0.2, 0.25) is 0 Å². The van der Waals surface area contributed by atoms with Gasteiger partial charge in [0, 0.05) is 29.2 Å². The molecular weight excluding hydrogens is 470 g/mol. The summed E-state index contributed by atoms with van der Waals surface area (Å²) in [6.07, 6.45) is 1.68. The number of imide groups is 1. The fraction of sp³-hybridized carbons (Fsp3) is 0.160. The van der Waals surface area contributed by atoms with Crippen molar-refractivity contribution in [3.63, 3.8) is 0 Å². The van der Waals surface area contributed by atoms with Crippen molar-refractivity contribution in [2.45, 2.75) is 20.4 Å². The van der Waals surface area contributed by atoms with Gasteiger partial charge in [-0.15, -0.1) is 0 Å². The molecule has 0 unspecified atom stereocenters. The lowest BCUT2D eigenvalue weighted by Gasteiger charge is -2.12. The van der Waals surface area contributed by atoms with Gasteiger partial charge >= 0.3 is 5.97 Å². The highest BCUT2D eigenvalue weighted by Crippen LogP contribution is 2.35. The molecule has 35 heavy (non-hydrogen) atoms. The lowest BCUT2D eigenvalue weighted by Crippen LogP contribution is -2.27. The second-order valence-electron chi connectivity index (χ2n) is 7.90. The molecule has 2 heterocycles. The van der Waals surface area contributed by atoms with Crippen LogP contribution < -0.4 is 0 Å². The van der Waals surface area contributed by atoms with Crippen LogP contribution in [0, 0.1) is 24.0 Å². The van der Waals surface area contributed by atoms with Gasteiger partial charge in [-0.05, 0) is 73.1 Å². The van der Waals surface area contributed by atoms with Gasteiger partial charge in [-0.2, -0.15) is 0 Å². The first kappa shape index (κ1) is 24.0. The van der Waals surface area contributed by atoms with Crippen LogP contribution in [0.3, 0.4) is 0 Å². The number of esters is 1. The first-order valence-corrected chi connectivity index (χ1v) is 11.4. The fourth-order valence-electron chi connectivity index (χ4n) is 3.92. The molecule has 1 aliphatic rings. The van der Waals surface area contributed by atoms with Crippen molar-refractivity contribution in [2.24, 2.45) is 0 Å². The standard InChI is InChI=1S/C25H21N3O6S/c1-15-11-19(16(2)27(15)20-9-7-18(8-10-20)24(30)34-3)13-22-23(29)26(25(31)35-22)14-17-5-4-6-21(12-17)28(32)33/h4-13H,14H2,1-3H3/b22-13-. The lowest BCUT2D eigenvalue weighted by molar-refractivity contribution is -0.384. The van der Waals surface area contributed by atoms with Crippen molar-refractivity contribution in [2.75, 3.05) is 7.11 Å². The van der Waals surface area contributed by atoms with Crippen molar-refractivity contribution in [3.05, 3.63) is 97.7 Å². The highest BCUT2D eigenvalue weighted by Gasteiger charge is 2.35. The monoisotopic (exact) mass is 491 g/mol. The van der Waals surface area contributed by atoms with Gasteiger partial charge in [0.15, 0.2) is 0 Å². The number of thioether (sulfide) groups is 1. The number of amides is 2. The number of nitro benzene ring substituents is 1. The molecule has 9 nitrogen and oxygen atoms in total. The van der Waals surface area contributed by atoms with E-state index in [1.54, 1.807) is 24.3 Å². The fourth-order valence-corrected chi connectivity index (χ4v) is 4.75. The van der Waals surface area contributed by atoms with Crippen molar-refractivity contribution < 1.29 is 24.0 Å². The maximum absolute atomic E-state index is 13.0. The molecule has 2 amide bonds. The average molecular weight is 492 g/mol. The molecule has 0 saturated carbocycles. The van der Waals surface area contributed by atoms with E-state index in [1.807, 2.05) is 36.6 Å². The minimum absolute atomic E-state index is 0.0464. The topological polar surface area (TPSA) is 112 Å². The first-order chi connectivity index (χ1) is 16.7. The number of benzene rings is 2. The van der Waals surface area contributed by atoms with Crippen molar-refractivity contribution in [1.82, 2.24) is 9.47 Å². The lowest BCUT2D eigenvalue weighted by atomic mass is 10.2. The van der Waals surface area contributed by atoms with E-state index in [0.29, 0.717) is 11.1 Å². The number of nitro groups is 1. The number of hydrogen-bond donors (Lipinski definition) is 0. The van der Waals surface area contributed by atoms with E-state index in [1.165, 1.54) is 25.3 Å². The third-order valence-corrected chi connectivity index (χ3v) is 6.55. The van der Waals surface area contributed by atoms with E-state index in [2.05, 4.69) is 0 Å². The van der Waals surface area contributed by atoms with Gasteiger partial charge in [-0.25, -0.2) is 4.79 Å². The molecule has 1 aromatic heterocycles. The Morgan fingerprint density at radius 3 is 2.49 bits per heavy atom. The Morgan fingerprint density at radius 1 is 1.11 bits per heavy atom. The van der Waals surface area contributed by atoms with E-state index < -0.39 is 22.0 Å². The summed E-state index contributed by atoms with van der Waals surface area (Å²) < 4.78 is 6.73. The summed E-state index contributed by atoms with van der Waals surface area (Å²) in [5, 5.41) is 10.6. The summed E-state index contributed by atoms with van der Waals surface area (Å²) in [5.74, 6) is -0.863. The molecule has 0 atom stereocenters. The molecule has 2 aromatic carbocycles. The number of nitrogens with zero attached hydrogens (tertiary/aromatic N) is 3. The van der Waals surface area contributed by atoms with E-state index in [0.717, 1.165) is 39.3 Å². The number of rotatable bonds is 6. The van der Waals surface area contributed by atoms with Crippen LogP contribution >= 0.6 is 11.8 Å². The van der Waals surface area contributed by atoms with E-state index in [9.17, 15) is 24.5 Å².